The van der Waals surface area contributed by atoms with Crippen molar-refractivity contribution < 1.29 is 13.2 Å². The van der Waals surface area contributed by atoms with Gasteiger partial charge in [0.25, 0.3) is 5.91 Å². The van der Waals surface area contributed by atoms with E-state index in [4.69, 9.17) is 0 Å². The average molecular weight is 459 g/mol. The molecule has 32 heavy (non-hydrogen) atoms. The summed E-state index contributed by atoms with van der Waals surface area (Å²) in [7, 11) is -3.33. The van der Waals surface area contributed by atoms with E-state index in [-0.39, 0.29) is 11.9 Å². The second-order valence-corrected chi connectivity index (χ2v) is 9.92. The molecule has 0 radical (unpaired) electrons. The predicted octanol–water partition coefficient (Wildman–Crippen LogP) is 3.21. The Labute approximate surface area is 188 Å². The summed E-state index contributed by atoms with van der Waals surface area (Å²) >= 11 is 0. The van der Waals surface area contributed by atoms with Crippen molar-refractivity contribution in [1.29, 1.82) is 0 Å². The molecule has 0 spiro atoms. The number of aryl methyl sites for hydroxylation is 1. The van der Waals surface area contributed by atoms with Gasteiger partial charge in [-0.2, -0.15) is 5.10 Å². The van der Waals surface area contributed by atoms with Crippen LogP contribution in [0.25, 0.3) is 11.0 Å². The first-order chi connectivity index (χ1) is 15.1. The van der Waals surface area contributed by atoms with Crippen LogP contribution in [0.1, 0.15) is 43.6 Å². The zero-order valence-electron chi connectivity index (χ0n) is 19.0. The standard InChI is InChI=1S/C22H30N6O3S/c1-6-28-21-18(13-25-28)20(26-15(4)14(2)3)19(12-23-21)22(29)24-11-16-7-9-17(10-8-16)27-32(5,30)31/h7-10,12-15,27H,6,11H2,1-5H3,(H,23,26)(H,24,29)/t15-/m0/s1. The highest BCUT2D eigenvalue weighted by Crippen LogP contribution is 2.28. The second kappa shape index (κ2) is 9.56. The maximum absolute atomic E-state index is 13.1. The molecule has 3 aromatic rings. The Morgan fingerprint density at radius 1 is 1.12 bits per heavy atom. The van der Waals surface area contributed by atoms with Crippen molar-refractivity contribution in [3.63, 3.8) is 0 Å². The molecule has 1 aromatic carbocycles. The molecule has 172 valence electrons. The number of amides is 1. The van der Waals surface area contributed by atoms with Gasteiger partial charge in [-0.05, 0) is 37.5 Å². The number of aromatic nitrogens is 3. The molecular formula is C22H30N6O3S. The van der Waals surface area contributed by atoms with E-state index >= 15 is 0 Å². The molecule has 2 aromatic heterocycles. The van der Waals surface area contributed by atoms with Gasteiger partial charge in [-0.25, -0.2) is 18.1 Å². The smallest absolute Gasteiger partial charge is 0.255 e. The van der Waals surface area contributed by atoms with Crippen molar-refractivity contribution in [2.75, 3.05) is 16.3 Å². The summed E-state index contributed by atoms with van der Waals surface area (Å²) in [4.78, 5) is 17.5. The SMILES string of the molecule is CCn1ncc2c(N[C@@H](C)C(C)C)c(C(=O)NCc3ccc(NS(C)(=O)=O)cc3)cnc21. The number of sulfonamides is 1. The lowest BCUT2D eigenvalue weighted by Gasteiger charge is -2.21. The number of fused-ring (bicyclic) bond motifs is 1. The fourth-order valence-corrected chi connectivity index (χ4v) is 3.73. The minimum atomic E-state index is -3.33. The summed E-state index contributed by atoms with van der Waals surface area (Å²) < 4.78 is 26.9. The molecule has 0 aliphatic heterocycles. The Morgan fingerprint density at radius 2 is 1.81 bits per heavy atom. The summed E-state index contributed by atoms with van der Waals surface area (Å²) in [5.41, 5.74) is 3.23. The number of anilines is 2. The number of carbonyl (C=O) groups is 1. The molecule has 0 unspecified atom stereocenters. The van der Waals surface area contributed by atoms with Crippen LogP contribution in [-0.4, -0.2) is 41.4 Å². The minimum Gasteiger partial charge on any atom is -0.381 e. The summed E-state index contributed by atoms with van der Waals surface area (Å²) in [5.74, 6) is 0.120. The van der Waals surface area contributed by atoms with E-state index in [0.717, 1.165) is 28.5 Å². The molecule has 9 nitrogen and oxygen atoms in total. The van der Waals surface area contributed by atoms with E-state index < -0.39 is 10.0 Å². The minimum absolute atomic E-state index is 0.145. The number of hydrogen-bond donors (Lipinski definition) is 3. The Hall–Kier alpha value is -3.14. The molecule has 0 saturated carbocycles. The average Bonchev–Trinajstić information content (AvgIpc) is 3.15. The van der Waals surface area contributed by atoms with Crippen LogP contribution in [0.5, 0.6) is 0 Å². The van der Waals surface area contributed by atoms with Crippen LogP contribution in [0.15, 0.2) is 36.7 Å². The highest BCUT2D eigenvalue weighted by Gasteiger charge is 2.20. The largest absolute Gasteiger partial charge is 0.381 e. The highest BCUT2D eigenvalue weighted by atomic mass is 32.2. The maximum Gasteiger partial charge on any atom is 0.255 e. The predicted molar refractivity (Wildman–Crippen MR) is 127 cm³/mol. The molecule has 0 saturated heterocycles. The van der Waals surface area contributed by atoms with Gasteiger partial charge < -0.3 is 10.6 Å². The van der Waals surface area contributed by atoms with Gasteiger partial charge in [0.15, 0.2) is 5.65 Å². The lowest BCUT2D eigenvalue weighted by atomic mass is 10.0. The summed E-state index contributed by atoms with van der Waals surface area (Å²) in [6.45, 7) is 9.29. The summed E-state index contributed by atoms with van der Waals surface area (Å²) in [6.07, 6.45) is 4.42. The van der Waals surface area contributed by atoms with E-state index in [0.29, 0.717) is 30.3 Å². The van der Waals surface area contributed by atoms with Crippen LogP contribution < -0.4 is 15.4 Å². The van der Waals surface area contributed by atoms with Gasteiger partial charge in [0.1, 0.15) is 0 Å². The number of pyridine rings is 1. The van der Waals surface area contributed by atoms with E-state index in [9.17, 15) is 13.2 Å². The zero-order valence-corrected chi connectivity index (χ0v) is 19.8. The number of carbonyl (C=O) groups excluding carboxylic acids is 1. The lowest BCUT2D eigenvalue weighted by molar-refractivity contribution is 0.0951. The van der Waals surface area contributed by atoms with E-state index in [1.807, 2.05) is 6.92 Å². The van der Waals surface area contributed by atoms with Gasteiger partial charge in [-0.15, -0.1) is 0 Å². The molecule has 0 aliphatic rings. The van der Waals surface area contributed by atoms with E-state index in [1.165, 1.54) is 0 Å². The molecule has 0 aliphatic carbocycles. The van der Waals surface area contributed by atoms with Gasteiger partial charge in [0.05, 0.1) is 29.1 Å². The number of rotatable bonds is 9. The Kier molecular flexibility index (Phi) is 7.02. The fraction of sp³-hybridized carbons (Fsp3) is 0.409. The lowest BCUT2D eigenvalue weighted by Crippen LogP contribution is -2.27. The number of hydrogen-bond acceptors (Lipinski definition) is 6. The molecule has 3 rings (SSSR count). The van der Waals surface area contributed by atoms with Crippen molar-refractivity contribution in [3.05, 3.63) is 47.8 Å². The van der Waals surface area contributed by atoms with Crippen LogP contribution in [0.3, 0.4) is 0 Å². The second-order valence-electron chi connectivity index (χ2n) is 8.18. The maximum atomic E-state index is 13.1. The van der Waals surface area contributed by atoms with Gasteiger partial charge in [0.2, 0.25) is 10.0 Å². The molecule has 0 bridgehead atoms. The van der Waals surface area contributed by atoms with E-state index in [1.54, 1.807) is 41.3 Å². The normalized spacial score (nSPS) is 12.7. The van der Waals surface area contributed by atoms with Gasteiger partial charge in [-0.1, -0.05) is 26.0 Å². The number of benzene rings is 1. The zero-order chi connectivity index (χ0) is 23.5. The van der Waals surface area contributed by atoms with Crippen molar-refractivity contribution in [2.45, 2.75) is 46.8 Å². The third-order valence-corrected chi connectivity index (χ3v) is 5.90. The number of nitrogens with zero attached hydrogens (tertiary/aromatic N) is 3. The van der Waals surface area contributed by atoms with E-state index in [2.05, 4.69) is 46.2 Å². The van der Waals surface area contributed by atoms with Gasteiger partial charge in [-0.3, -0.25) is 9.52 Å². The van der Waals surface area contributed by atoms with Crippen molar-refractivity contribution >= 4 is 38.3 Å². The fourth-order valence-electron chi connectivity index (χ4n) is 3.16. The Balaban J connectivity index is 1.82. The topological polar surface area (TPSA) is 118 Å². The monoisotopic (exact) mass is 458 g/mol. The third kappa shape index (κ3) is 5.56. The molecule has 0 fully saturated rings. The van der Waals surface area contributed by atoms with Crippen molar-refractivity contribution in [2.24, 2.45) is 5.92 Å². The first-order valence-electron chi connectivity index (χ1n) is 10.5. The molecule has 1 atom stereocenters. The molecule has 10 heteroatoms. The first kappa shape index (κ1) is 23.5. The molecule has 1 amide bonds. The Bertz CT molecular complexity index is 1200. The summed E-state index contributed by atoms with van der Waals surface area (Å²) in [6, 6.07) is 6.99. The first-order valence-corrected chi connectivity index (χ1v) is 12.4. The van der Waals surface area contributed by atoms with Crippen molar-refractivity contribution in [1.82, 2.24) is 20.1 Å². The third-order valence-electron chi connectivity index (χ3n) is 5.29. The quantitative estimate of drug-likeness (QED) is 0.453. The Morgan fingerprint density at radius 3 is 2.41 bits per heavy atom. The van der Waals surface area contributed by atoms with Gasteiger partial charge in [0, 0.05) is 31.0 Å². The molecule has 3 N–H and O–H groups in total. The number of nitrogens with one attached hydrogen (secondary N) is 3. The van der Waals surface area contributed by atoms with Crippen LogP contribution in [0.4, 0.5) is 11.4 Å². The molecular weight excluding hydrogens is 428 g/mol. The van der Waals surface area contributed by atoms with Crippen LogP contribution in [0, 0.1) is 5.92 Å². The van der Waals surface area contributed by atoms with Crippen LogP contribution in [0.2, 0.25) is 0 Å². The van der Waals surface area contributed by atoms with Gasteiger partial charge >= 0.3 is 0 Å². The van der Waals surface area contributed by atoms with Crippen molar-refractivity contribution in [3.8, 4) is 0 Å². The molecule has 2 heterocycles. The van der Waals surface area contributed by atoms with Crippen LogP contribution in [-0.2, 0) is 23.1 Å². The summed E-state index contributed by atoms with van der Waals surface area (Å²) in [5, 5.41) is 11.6. The highest BCUT2D eigenvalue weighted by molar-refractivity contribution is 7.92. The van der Waals surface area contributed by atoms with Crippen LogP contribution >= 0.6 is 0 Å².